The summed E-state index contributed by atoms with van der Waals surface area (Å²) < 4.78 is 8.99. The smallest absolute Gasteiger partial charge is 0.314 e. The van der Waals surface area contributed by atoms with Crippen molar-refractivity contribution in [1.29, 1.82) is 0 Å². The minimum atomic E-state index is -0.398. The van der Waals surface area contributed by atoms with Gasteiger partial charge in [-0.1, -0.05) is 114 Å². The van der Waals surface area contributed by atoms with E-state index in [2.05, 4.69) is 24.8 Å². The fourth-order valence-corrected chi connectivity index (χ4v) is 2.83. The lowest BCUT2D eigenvalue weighted by molar-refractivity contribution is -0.152. The van der Waals surface area contributed by atoms with Crippen LogP contribution in [-0.2, 0) is 23.9 Å². The number of carbonyl (C=O) groups is 3. The maximum Gasteiger partial charge on any atom is 0.314 e. The minimum absolute atomic E-state index is 0.0900. The molecule has 1 heterocycles. The maximum absolute atomic E-state index is 11.1. The van der Waals surface area contributed by atoms with E-state index >= 15 is 0 Å². The Labute approximate surface area is 193 Å². The van der Waals surface area contributed by atoms with Crippen molar-refractivity contribution in [2.24, 2.45) is 0 Å². The molecule has 1 aromatic carbocycles. The zero-order valence-electron chi connectivity index (χ0n) is 19.7. The van der Waals surface area contributed by atoms with Crippen LogP contribution in [0.3, 0.4) is 0 Å². The molecule has 2 rings (SSSR count). The molecule has 0 saturated carbocycles. The van der Waals surface area contributed by atoms with Gasteiger partial charge in [-0.05, 0) is 12.0 Å². The molecule has 0 bridgehead atoms. The van der Waals surface area contributed by atoms with Crippen molar-refractivity contribution < 1.29 is 23.9 Å². The quantitative estimate of drug-likeness (QED) is 0.145. The fourth-order valence-electron chi connectivity index (χ4n) is 2.83. The summed E-state index contributed by atoms with van der Waals surface area (Å²) in [6, 6.07) is 10.0. The first-order valence-electron chi connectivity index (χ1n) is 11.7. The second-order valence-electron chi connectivity index (χ2n) is 7.51. The Morgan fingerprint density at radius 3 is 1.84 bits per heavy atom. The van der Waals surface area contributed by atoms with Gasteiger partial charge in [-0.15, -0.1) is 0 Å². The molecule has 1 aliphatic heterocycles. The Bertz CT molecular complexity index is 637. The lowest BCUT2D eigenvalue weighted by atomic mass is 10.1. The topological polar surface area (TPSA) is 69.7 Å². The van der Waals surface area contributed by atoms with Gasteiger partial charge >= 0.3 is 17.9 Å². The van der Waals surface area contributed by atoms with E-state index in [-0.39, 0.29) is 18.8 Å². The highest BCUT2D eigenvalue weighted by molar-refractivity contribution is 5.92. The number of cyclic esters (lactones) is 2. The first-order chi connectivity index (χ1) is 15.5. The average molecular weight is 445 g/mol. The number of ether oxygens (including phenoxy) is 2. The van der Waals surface area contributed by atoms with Crippen LogP contribution in [0.5, 0.6) is 0 Å². The molecule has 178 valence electrons. The maximum atomic E-state index is 11.1. The molecule has 0 aromatic heterocycles. The van der Waals surface area contributed by atoms with Crippen LogP contribution in [0.15, 0.2) is 49.6 Å². The van der Waals surface area contributed by atoms with Crippen LogP contribution in [0.1, 0.15) is 89.5 Å². The number of hydrogen-bond donors (Lipinski definition) is 0. The van der Waals surface area contributed by atoms with Crippen LogP contribution >= 0.6 is 0 Å². The predicted octanol–water partition coefficient (Wildman–Crippen LogP) is 6.82. The summed E-state index contributed by atoms with van der Waals surface area (Å²) in [5, 5.41) is 0. The summed E-state index contributed by atoms with van der Waals surface area (Å²) in [6.07, 6.45) is 16.0. The molecule has 0 aliphatic carbocycles. The third kappa shape index (κ3) is 19.3. The van der Waals surface area contributed by atoms with Crippen LogP contribution in [0.25, 0.3) is 6.08 Å². The molecule has 1 aromatic rings. The average Bonchev–Trinajstić information content (AvgIpc) is 3.20. The second-order valence-corrected chi connectivity index (χ2v) is 7.51. The van der Waals surface area contributed by atoms with Gasteiger partial charge in [-0.25, -0.2) is 0 Å². The standard InChI is InChI=1S/C15H28O2.C8H8.C4H4O3/c1-3-5-6-7-8-9-10-11-12-13-15(16)17-14-4-2;1-2-8-6-4-3-5-7-8;5-3-1-2-4(6)7-3/h4H,2-3,5-14H2,1H3;2-7H,1H2;1-2H2. The number of hydrogen-bond acceptors (Lipinski definition) is 5. The van der Waals surface area contributed by atoms with Gasteiger partial charge < -0.3 is 9.47 Å². The van der Waals surface area contributed by atoms with Crippen molar-refractivity contribution in [2.45, 2.75) is 84.0 Å². The van der Waals surface area contributed by atoms with E-state index < -0.39 is 11.9 Å². The molecule has 0 unspecified atom stereocenters. The van der Waals surface area contributed by atoms with E-state index in [1.54, 1.807) is 6.08 Å². The predicted molar refractivity (Wildman–Crippen MR) is 130 cm³/mol. The molecule has 0 atom stereocenters. The number of esters is 3. The molecule has 1 fully saturated rings. The highest BCUT2D eigenvalue weighted by Crippen LogP contribution is 2.10. The summed E-state index contributed by atoms with van der Waals surface area (Å²) in [4.78, 5) is 31.2. The van der Waals surface area contributed by atoms with Gasteiger partial charge in [0.05, 0.1) is 12.8 Å². The summed E-state index contributed by atoms with van der Waals surface area (Å²) >= 11 is 0. The van der Waals surface area contributed by atoms with Crippen LogP contribution in [0.4, 0.5) is 0 Å². The molecule has 1 saturated heterocycles. The number of carbonyl (C=O) groups excluding carboxylic acids is 3. The lowest BCUT2D eigenvalue weighted by Crippen LogP contribution is -2.03. The molecule has 5 heteroatoms. The van der Waals surface area contributed by atoms with Crippen LogP contribution < -0.4 is 0 Å². The molecule has 5 nitrogen and oxygen atoms in total. The molecule has 0 amide bonds. The Morgan fingerprint density at radius 1 is 0.906 bits per heavy atom. The Balaban J connectivity index is 0.000000521. The Morgan fingerprint density at radius 2 is 1.44 bits per heavy atom. The van der Waals surface area contributed by atoms with Gasteiger partial charge in [0.2, 0.25) is 0 Å². The van der Waals surface area contributed by atoms with Crippen molar-refractivity contribution in [3.63, 3.8) is 0 Å². The summed E-state index contributed by atoms with van der Waals surface area (Å²) in [5.74, 6) is -0.886. The SMILES string of the molecule is C=CCOC(=O)CCCCCCCCCCC.C=Cc1ccccc1.O=C1CCC(=O)O1. The van der Waals surface area contributed by atoms with Gasteiger partial charge in [0.25, 0.3) is 0 Å². The number of rotatable bonds is 13. The van der Waals surface area contributed by atoms with Crippen molar-refractivity contribution in [3.05, 3.63) is 55.1 Å². The molecular weight excluding hydrogens is 404 g/mol. The highest BCUT2D eigenvalue weighted by Gasteiger charge is 2.19. The lowest BCUT2D eigenvalue weighted by Gasteiger charge is -2.02. The number of benzene rings is 1. The monoisotopic (exact) mass is 444 g/mol. The van der Waals surface area contributed by atoms with Crippen molar-refractivity contribution in [1.82, 2.24) is 0 Å². The zero-order chi connectivity index (χ0) is 23.9. The number of unbranched alkanes of at least 4 members (excludes halogenated alkanes) is 8. The summed E-state index contributed by atoms with van der Waals surface area (Å²) in [5.41, 5.74) is 1.17. The van der Waals surface area contributed by atoms with E-state index in [1.165, 1.54) is 50.5 Å². The second kappa shape index (κ2) is 21.5. The molecule has 1 aliphatic rings. The highest BCUT2D eigenvalue weighted by atomic mass is 16.6. The Hall–Kier alpha value is -2.69. The van der Waals surface area contributed by atoms with E-state index in [1.807, 2.05) is 36.4 Å². The van der Waals surface area contributed by atoms with E-state index in [0.717, 1.165) is 12.8 Å². The van der Waals surface area contributed by atoms with E-state index in [0.29, 0.717) is 13.0 Å². The summed E-state index contributed by atoms with van der Waals surface area (Å²) in [6.45, 7) is 9.72. The zero-order valence-corrected chi connectivity index (χ0v) is 19.7. The van der Waals surface area contributed by atoms with Gasteiger partial charge in [0.15, 0.2) is 0 Å². The molecular formula is C27H40O5. The third-order valence-corrected chi connectivity index (χ3v) is 4.64. The van der Waals surface area contributed by atoms with E-state index in [4.69, 9.17) is 4.74 Å². The first-order valence-corrected chi connectivity index (χ1v) is 11.7. The van der Waals surface area contributed by atoms with Crippen molar-refractivity contribution in [2.75, 3.05) is 6.61 Å². The van der Waals surface area contributed by atoms with Crippen LogP contribution in [-0.4, -0.2) is 24.5 Å². The fraction of sp³-hybridized carbons (Fsp3) is 0.519. The van der Waals surface area contributed by atoms with Gasteiger partial charge in [-0.3, -0.25) is 14.4 Å². The van der Waals surface area contributed by atoms with E-state index in [9.17, 15) is 14.4 Å². The van der Waals surface area contributed by atoms with Gasteiger partial charge in [0, 0.05) is 6.42 Å². The van der Waals surface area contributed by atoms with Gasteiger partial charge in [-0.2, -0.15) is 0 Å². The van der Waals surface area contributed by atoms with Crippen molar-refractivity contribution in [3.8, 4) is 0 Å². The molecule has 0 N–H and O–H groups in total. The third-order valence-electron chi connectivity index (χ3n) is 4.64. The normalized spacial score (nSPS) is 11.9. The molecule has 0 radical (unpaired) electrons. The Kier molecular flexibility index (Phi) is 19.7. The van der Waals surface area contributed by atoms with Crippen molar-refractivity contribution >= 4 is 24.0 Å². The van der Waals surface area contributed by atoms with Gasteiger partial charge in [0.1, 0.15) is 6.61 Å². The minimum Gasteiger partial charge on any atom is -0.461 e. The van der Waals surface area contributed by atoms with Crippen LogP contribution in [0, 0.1) is 0 Å². The molecule has 32 heavy (non-hydrogen) atoms. The largest absolute Gasteiger partial charge is 0.461 e. The first kappa shape index (κ1) is 29.3. The van der Waals surface area contributed by atoms with Crippen LogP contribution in [0.2, 0.25) is 0 Å². The molecule has 0 spiro atoms. The summed E-state index contributed by atoms with van der Waals surface area (Å²) in [7, 11) is 0.